The average Bonchev–Trinajstić information content (AvgIpc) is 2.64. The molecule has 26 heavy (non-hydrogen) atoms. The molecule has 0 aliphatic carbocycles. The van der Waals surface area contributed by atoms with Crippen LogP contribution < -0.4 is 14.8 Å². The zero-order valence-corrected chi connectivity index (χ0v) is 15.8. The summed E-state index contributed by atoms with van der Waals surface area (Å²) in [5, 5.41) is 2.65. The Morgan fingerprint density at radius 3 is 2.31 bits per heavy atom. The van der Waals surface area contributed by atoms with Gasteiger partial charge in [-0.2, -0.15) is 0 Å². The second-order valence-corrected chi connectivity index (χ2v) is 5.73. The first-order valence-corrected chi connectivity index (χ1v) is 8.17. The first-order chi connectivity index (χ1) is 12.3. The van der Waals surface area contributed by atoms with Gasteiger partial charge in [0.15, 0.2) is 11.5 Å². The van der Waals surface area contributed by atoms with Crippen LogP contribution in [0.3, 0.4) is 0 Å². The predicted molar refractivity (Wildman–Crippen MR) is 95.3 cm³/mol. The van der Waals surface area contributed by atoms with E-state index in [2.05, 4.69) is 5.32 Å². The number of hydrogen-bond donors (Lipinski definition) is 1. The second kappa shape index (κ2) is 10.3. The fourth-order valence-corrected chi connectivity index (χ4v) is 2.40. The van der Waals surface area contributed by atoms with Crippen LogP contribution in [-0.4, -0.2) is 63.6 Å². The predicted octanol–water partition coefficient (Wildman–Crippen LogP) is 1.09. The summed E-state index contributed by atoms with van der Waals surface area (Å²) in [5.74, 6) is -0.439. The van der Waals surface area contributed by atoms with E-state index in [-0.39, 0.29) is 31.4 Å². The van der Waals surface area contributed by atoms with Crippen LogP contribution in [0.25, 0.3) is 0 Å². The highest BCUT2D eigenvalue weighted by Gasteiger charge is 2.23. The van der Waals surface area contributed by atoms with Crippen LogP contribution in [-0.2, 0) is 14.3 Å². The van der Waals surface area contributed by atoms with Gasteiger partial charge in [0.05, 0.1) is 27.2 Å². The van der Waals surface area contributed by atoms with Gasteiger partial charge in [-0.1, -0.05) is 6.92 Å². The molecule has 1 rings (SSSR count). The minimum Gasteiger partial charge on any atom is -0.493 e. The SMILES string of the molecule is COC(=O)C(C)CN(CCNC(C)=O)C(=O)c1ccc(OC)c(OC)c1. The molecule has 0 heterocycles. The van der Waals surface area contributed by atoms with E-state index in [0.717, 1.165) is 0 Å². The summed E-state index contributed by atoms with van der Waals surface area (Å²) in [6.45, 7) is 3.78. The Balaban J connectivity index is 3.01. The van der Waals surface area contributed by atoms with Crippen molar-refractivity contribution in [2.75, 3.05) is 41.0 Å². The maximum atomic E-state index is 12.9. The largest absolute Gasteiger partial charge is 0.493 e. The summed E-state index contributed by atoms with van der Waals surface area (Å²) in [4.78, 5) is 37.2. The third-order valence-corrected chi connectivity index (χ3v) is 3.77. The van der Waals surface area contributed by atoms with E-state index in [1.807, 2.05) is 0 Å². The molecule has 1 unspecified atom stereocenters. The Bertz CT molecular complexity index is 647. The normalized spacial score (nSPS) is 11.3. The topological polar surface area (TPSA) is 94.2 Å². The number of hydrogen-bond acceptors (Lipinski definition) is 6. The van der Waals surface area contributed by atoms with Crippen molar-refractivity contribution in [1.82, 2.24) is 10.2 Å². The van der Waals surface area contributed by atoms with Crippen molar-refractivity contribution in [3.05, 3.63) is 23.8 Å². The molecule has 8 heteroatoms. The van der Waals surface area contributed by atoms with Gasteiger partial charge in [0.1, 0.15) is 0 Å². The maximum absolute atomic E-state index is 12.9. The van der Waals surface area contributed by atoms with Crippen LogP contribution in [0.5, 0.6) is 11.5 Å². The summed E-state index contributed by atoms with van der Waals surface area (Å²) in [7, 11) is 4.30. The zero-order valence-electron chi connectivity index (χ0n) is 15.8. The number of ether oxygens (including phenoxy) is 3. The molecule has 1 atom stereocenters. The lowest BCUT2D eigenvalue weighted by Crippen LogP contribution is -2.41. The van der Waals surface area contributed by atoms with Crippen molar-refractivity contribution in [2.24, 2.45) is 5.92 Å². The minimum absolute atomic E-state index is 0.166. The fraction of sp³-hybridized carbons (Fsp3) is 0.500. The molecule has 0 fully saturated rings. The summed E-state index contributed by atoms with van der Waals surface area (Å²) in [6, 6.07) is 4.84. The van der Waals surface area contributed by atoms with Crippen molar-refractivity contribution in [3.63, 3.8) is 0 Å². The number of methoxy groups -OCH3 is 3. The standard InChI is InChI=1S/C18H26N2O6/c1-12(18(23)26-5)11-20(9-8-19-13(2)21)17(22)14-6-7-15(24-3)16(10-14)25-4/h6-7,10,12H,8-9,11H2,1-5H3,(H,19,21). The van der Waals surface area contributed by atoms with Crippen molar-refractivity contribution in [3.8, 4) is 11.5 Å². The van der Waals surface area contributed by atoms with Crippen LogP contribution in [0.15, 0.2) is 18.2 Å². The Morgan fingerprint density at radius 1 is 1.12 bits per heavy atom. The second-order valence-electron chi connectivity index (χ2n) is 5.73. The lowest BCUT2D eigenvalue weighted by molar-refractivity contribution is -0.145. The molecule has 1 aromatic carbocycles. The Morgan fingerprint density at radius 2 is 1.77 bits per heavy atom. The first-order valence-electron chi connectivity index (χ1n) is 8.17. The summed E-state index contributed by atoms with van der Waals surface area (Å²) in [5.41, 5.74) is 0.391. The highest BCUT2D eigenvalue weighted by atomic mass is 16.5. The lowest BCUT2D eigenvalue weighted by atomic mass is 10.1. The molecule has 0 aliphatic rings. The fourth-order valence-electron chi connectivity index (χ4n) is 2.40. The van der Waals surface area contributed by atoms with Gasteiger partial charge in [-0.3, -0.25) is 14.4 Å². The van der Waals surface area contributed by atoms with Gasteiger partial charge < -0.3 is 24.4 Å². The van der Waals surface area contributed by atoms with Crippen molar-refractivity contribution >= 4 is 17.8 Å². The van der Waals surface area contributed by atoms with E-state index in [9.17, 15) is 14.4 Å². The molecule has 8 nitrogen and oxygen atoms in total. The molecule has 0 aliphatic heterocycles. The van der Waals surface area contributed by atoms with E-state index in [1.165, 1.54) is 33.2 Å². The van der Waals surface area contributed by atoms with Crippen molar-refractivity contribution in [1.29, 1.82) is 0 Å². The third-order valence-electron chi connectivity index (χ3n) is 3.77. The maximum Gasteiger partial charge on any atom is 0.310 e. The molecule has 0 bridgehead atoms. The van der Waals surface area contributed by atoms with E-state index < -0.39 is 11.9 Å². The van der Waals surface area contributed by atoms with Gasteiger partial charge in [-0.05, 0) is 18.2 Å². The Kier molecular flexibility index (Phi) is 8.41. The number of carbonyl (C=O) groups excluding carboxylic acids is 3. The van der Waals surface area contributed by atoms with Gasteiger partial charge in [-0.25, -0.2) is 0 Å². The van der Waals surface area contributed by atoms with Crippen molar-refractivity contribution in [2.45, 2.75) is 13.8 Å². The summed E-state index contributed by atoms with van der Waals surface area (Å²) in [6.07, 6.45) is 0. The molecule has 2 amide bonds. The van der Waals surface area contributed by atoms with Crippen LogP contribution in [0.1, 0.15) is 24.2 Å². The molecule has 1 aromatic rings. The molecular weight excluding hydrogens is 340 g/mol. The molecule has 1 N–H and O–H groups in total. The molecule has 0 aromatic heterocycles. The average molecular weight is 366 g/mol. The van der Waals surface area contributed by atoms with Gasteiger partial charge in [0.25, 0.3) is 5.91 Å². The Hall–Kier alpha value is -2.77. The van der Waals surface area contributed by atoms with Gasteiger partial charge in [0, 0.05) is 32.1 Å². The first kappa shape index (κ1) is 21.3. The number of amides is 2. The van der Waals surface area contributed by atoms with Crippen LogP contribution in [0.4, 0.5) is 0 Å². The number of nitrogens with one attached hydrogen (secondary N) is 1. The lowest BCUT2D eigenvalue weighted by Gasteiger charge is -2.25. The molecule has 0 radical (unpaired) electrons. The van der Waals surface area contributed by atoms with Crippen molar-refractivity contribution < 1.29 is 28.6 Å². The smallest absolute Gasteiger partial charge is 0.310 e. The molecule has 144 valence electrons. The van der Waals surface area contributed by atoms with Crippen LogP contribution in [0, 0.1) is 5.92 Å². The van der Waals surface area contributed by atoms with Crippen LogP contribution >= 0.6 is 0 Å². The highest BCUT2D eigenvalue weighted by Crippen LogP contribution is 2.28. The molecule has 0 spiro atoms. The quantitative estimate of drug-likeness (QED) is 0.658. The van der Waals surface area contributed by atoms with Gasteiger partial charge in [0.2, 0.25) is 5.91 Å². The summed E-state index contributed by atoms with van der Waals surface area (Å²) >= 11 is 0. The van der Waals surface area contributed by atoms with E-state index in [4.69, 9.17) is 14.2 Å². The number of esters is 1. The minimum atomic E-state index is -0.499. The monoisotopic (exact) mass is 366 g/mol. The van der Waals surface area contributed by atoms with E-state index in [1.54, 1.807) is 25.1 Å². The number of carbonyl (C=O) groups is 3. The van der Waals surface area contributed by atoms with Gasteiger partial charge >= 0.3 is 5.97 Å². The van der Waals surface area contributed by atoms with Gasteiger partial charge in [-0.15, -0.1) is 0 Å². The molecule has 0 saturated carbocycles. The number of benzene rings is 1. The zero-order chi connectivity index (χ0) is 19.7. The summed E-state index contributed by atoms with van der Waals surface area (Å²) < 4.78 is 15.1. The number of nitrogens with zero attached hydrogens (tertiary/aromatic N) is 1. The number of rotatable bonds is 9. The Labute approximate surface area is 153 Å². The van der Waals surface area contributed by atoms with E-state index in [0.29, 0.717) is 17.1 Å². The highest BCUT2D eigenvalue weighted by molar-refractivity contribution is 5.95. The molecular formula is C18H26N2O6. The van der Waals surface area contributed by atoms with E-state index >= 15 is 0 Å². The van der Waals surface area contributed by atoms with Crippen LogP contribution in [0.2, 0.25) is 0 Å². The third kappa shape index (κ3) is 5.94. The molecule has 0 saturated heterocycles.